The van der Waals surface area contributed by atoms with Crippen molar-refractivity contribution in [2.24, 2.45) is 5.92 Å². The van der Waals surface area contributed by atoms with Crippen molar-refractivity contribution in [3.05, 3.63) is 0 Å². The van der Waals surface area contributed by atoms with Crippen molar-refractivity contribution in [3.63, 3.8) is 0 Å². The van der Waals surface area contributed by atoms with E-state index in [1.165, 1.54) is 84.0 Å². The fraction of sp³-hybridized carbons (Fsp3) is 1.00. The number of aliphatic hydroxyl groups is 1. The molecule has 0 unspecified atom stereocenters. The lowest BCUT2D eigenvalue weighted by Gasteiger charge is -2.45. The topological polar surface area (TPSA) is 26.7 Å². The van der Waals surface area contributed by atoms with Gasteiger partial charge < -0.3 is 10.0 Å². The average Bonchev–Trinajstić information content (AvgIpc) is 3.03. The highest BCUT2D eigenvalue weighted by Gasteiger charge is 2.33. The summed E-state index contributed by atoms with van der Waals surface area (Å²) in [5.41, 5.74) is 0. The van der Waals surface area contributed by atoms with Crippen molar-refractivity contribution in [3.8, 4) is 0 Å². The Morgan fingerprint density at radius 1 is 0.857 bits per heavy atom. The maximum Gasteiger partial charge on any atom is 0.0446 e. The van der Waals surface area contributed by atoms with E-state index < -0.39 is 0 Å². The maximum absolute atomic E-state index is 9.44. The standard InChI is InChI=1S/C18H34N2O/c21-13-10-18-15-19(14-16-6-2-1-3-7-16)11-12-20(18)17-8-4-5-9-17/h16-18,21H,1-15H2/t18-/m0/s1. The van der Waals surface area contributed by atoms with Crippen molar-refractivity contribution < 1.29 is 5.11 Å². The normalized spacial score (nSPS) is 31.0. The SMILES string of the molecule is OCC[C@H]1CN(CC2CCCCC2)CCN1C1CCCC1. The van der Waals surface area contributed by atoms with E-state index in [9.17, 15) is 5.11 Å². The van der Waals surface area contributed by atoms with Gasteiger partial charge in [0, 0.05) is 44.9 Å². The lowest BCUT2D eigenvalue weighted by atomic mass is 9.88. The largest absolute Gasteiger partial charge is 0.396 e. The Labute approximate surface area is 130 Å². The maximum atomic E-state index is 9.44. The fourth-order valence-corrected chi connectivity index (χ4v) is 4.96. The van der Waals surface area contributed by atoms with Gasteiger partial charge >= 0.3 is 0 Å². The van der Waals surface area contributed by atoms with Gasteiger partial charge in [-0.1, -0.05) is 32.1 Å². The summed E-state index contributed by atoms with van der Waals surface area (Å²) >= 11 is 0. The Kier molecular flexibility index (Phi) is 5.96. The van der Waals surface area contributed by atoms with Gasteiger partial charge in [-0.15, -0.1) is 0 Å². The molecule has 2 saturated carbocycles. The van der Waals surface area contributed by atoms with Crippen LogP contribution in [-0.2, 0) is 0 Å². The first-order chi connectivity index (χ1) is 10.4. The molecule has 1 saturated heterocycles. The first-order valence-corrected chi connectivity index (χ1v) is 9.46. The molecule has 0 bridgehead atoms. The van der Waals surface area contributed by atoms with Gasteiger partial charge in [0.15, 0.2) is 0 Å². The molecule has 0 aromatic rings. The molecule has 0 aromatic carbocycles. The Morgan fingerprint density at radius 2 is 1.57 bits per heavy atom. The predicted molar refractivity (Wildman–Crippen MR) is 87.5 cm³/mol. The third-order valence-electron chi connectivity index (χ3n) is 6.11. The molecule has 3 heteroatoms. The van der Waals surface area contributed by atoms with Gasteiger partial charge in [0.05, 0.1) is 0 Å². The summed E-state index contributed by atoms with van der Waals surface area (Å²) in [4.78, 5) is 5.46. The van der Waals surface area contributed by atoms with E-state index in [0.717, 1.165) is 18.4 Å². The highest BCUT2D eigenvalue weighted by molar-refractivity contribution is 4.89. The van der Waals surface area contributed by atoms with Gasteiger partial charge in [-0.05, 0) is 38.0 Å². The minimum atomic E-state index is 0.352. The van der Waals surface area contributed by atoms with Crippen LogP contribution in [0.4, 0.5) is 0 Å². The summed E-state index contributed by atoms with van der Waals surface area (Å²) in [6.45, 7) is 5.37. The molecule has 3 fully saturated rings. The van der Waals surface area contributed by atoms with Gasteiger partial charge in [0.1, 0.15) is 0 Å². The second kappa shape index (κ2) is 7.94. The fourth-order valence-electron chi connectivity index (χ4n) is 4.96. The third-order valence-corrected chi connectivity index (χ3v) is 6.11. The first kappa shape index (κ1) is 15.8. The average molecular weight is 294 g/mol. The molecule has 1 N–H and O–H groups in total. The molecule has 0 spiro atoms. The molecule has 21 heavy (non-hydrogen) atoms. The number of piperazine rings is 1. The van der Waals surface area contributed by atoms with E-state index in [0.29, 0.717) is 12.6 Å². The van der Waals surface area contributed by atoms with Crippen LogP contribution in [0.2, 0.25) is 0 Å². The number of aliphatic hydroxyl groups excluding tert-OH is 1. The number of hydrogen-bond acceptors (Lipinski definition) is 3. The van der Waals surface area contributed by atoms with E-state index >= 15 is 0 Å². The molecule has 1 heterocycles. The molecular weight excluding hydrogens is 260 g/mol. The first-order valence-electron chi connectivity index (χ1n) is 9.46. The zero-order valence-electron chi connectivity index (χ0n) is 13.7. The van der Waals surface area contributed by atoms with E-state index in [4.69, 9.17) is 0 Å². The van der Waals surface area contributed by atoms with Gasteiger partial charge in [0.2, 0.25) is 0 Å². The molecule has 0 amide bonds. The van der Waals surface area contributed by atoms with Crippen LogP contribution in [0.15, 0.2) is 0 Å². The Hall–Kier alpha value is -0.120. The van der Waals surface area contributed by atoms with Crippen LogP contribution in [0, 0.1) is 5.92 Å². The molecular formula is C18H34N2O. The molecule has 3 rings (SSSR count). The van der Waals surface area contributed by atoms with Crippen LogP contribution in [0.25, 0.3) is 0 Å². The molecule has 1 aliphatic heterocycles. The van der Waals surface area contributed by atoms with E-state index in [1.807, 2.05) is 0 Å². The van der Waals surface area contributed by atoms with Crippen LogP contribution >= 0.6 is 0 Å². The van der Waals surface area contributed by atoms with Crippen LogP contribution in [-0.4, -0.2) is 59.8 Å². The van der Waals surface area contributed by atoms with Crippen molar-refractivity contribution in [1.82, 2.24) is 9.80 Å². The minimum absolute atomic E-state index is 0.352. The van der Waals surface area contributed by atoms with Crippen molar-refractivity contribution in [1.29, 1.82) is 0 Å². The zero-order valence-corrected chi connectivity index (χ0v) is 13.7. The summed E-state index contributed by atoms with van der Waals surface area (Å²) in [6, 6.07) is 1.42. The van der Waals surface area contributed by atoms with Gasteiger partial charge in [-0.3, -0.25) is 4.90 Å². The number of rotatable bonds is 5. The van der Waals surface area contributed by atoms with Crippen LogP contribution < -0.4 is 0 Å². The quantitative estimate of drug-likeness (QED) is 0.844. The Bertz CT molecular complexity index is 298. The molecule has 1 atom stereocenters. The van der Waals surface area contributed by atoms with E-state index in [1.54, 1.807) is 0 Å². The smallest absolute Gasteiger partial charge is 0.0446 e. The lowest BCUT2D eigenvalue weighted by molar-refractivity contribution is 0.0214. The molecule has 2 aliphatic carbocycles. The van der Waals surface area contributed by atoms with E-state index in [2.05, 4.69) is 9.80 Å². The second-order valence-corrected chi connectivity index (χ2v) is 7.61. The highest BCUT2D eigenvalue weighted by atomic mass is 16.3. The van der Waals surface area contributed by atoms with Crippen molar-refractivity contribution in [2.45, 2.75) is 76.3 Å². The van der Waals surface area contributed by atoms with Crippen LogP contribution in [0.1, 0.15) is 64.2 Å². The van der Waals surface area contributed by atoms with Crippen LogP contribution in [0.3, 0.4) is 0 Å². The van der Waals surface area contributed by atoms with Gasteiger partial charge in [-0.25, -0.2) is 0 Å². The van der Waals surface area contributed by atoms with Crippen molar-refractivity contribution >= 4 is 0 Å². The summed E-state index contributed by atoms with van der Waals surface area (Å²) < 4.78 is 0. The monoisotopic (exact) mass is 294 g/mol. The van der Waals surface area contributed by atoms with E-state index in [-0.39, 0.29) is 0 Å². The summed E-state index contributed by atoms with van der Waals surface area (Å²) in [7, 11) is 0. The molecule has 3 nitrogen and oxygen atoms in total. The molecule has 0 radical (unpaired) electrons. The minimum Gasteiger partial charge on any atom is -0.396 e. The predicted octanol–water partition coefficient (Wildman–Crippen LogP) is 2.88. The molecule has 0 aromatic heterocycles. The molecule has 122 valence electrons. The number of nitrogens with zero attached hydrogens (tertiary/aromatic N) is 2. The molecule has 3 aliphatic rings. The van der Waals surface area contributed by atoms with Gasteiger partial charge in [-0.2, -0.15) is 0 Å². The summed E-state index contributed by atoms with van der Waals surface area (Å²) in [5, 5.41) is 9.44. The highest BCUT2D eigenvalue weighted by Crippen LogP contribution is 2.29. The second-order valence-electron chi connectivity index (χ2n) is 7.61. The van der Waals surface area contributed by atoms with Gasteiger partial charge in [0.25, 0.3) is 0 Å². The Morgan fingerprint density at radius 3 is 2.29 bits per heavy atom. The third kappa shape index (κ3) is 4.20. The summed E-state index contributed by atoms with van der Waals surface area (Å²) in [6.07, 6.45) is 13.9. The lowest BCUT2D eigenvalue weighted by Crippen LogP contribution is -2.57. The Balaban J connectivity index is 1.52. The number of hydrogen-bond donors (Lipinski definition) is 1. The van der Waals surface area contributed by atoms with Crippen LogP contribution in [0.5, 0.6) is 0 Å². The van der Waals surface area contributed by atoms with Crippen molar-refractivity contribution in [2.75, 3.05) is 32.8 Å². The zero-order chi connectivity index (χ0) is 14.5. The summed E-state index contributed by atoms with van der Waals surface area (Å²) in [5.74, 6) is 0.951.